The summed E-state index contributed by atoms with van der Waals surface area (Å²) in [4.78, 5) is 0.227. The summed E-state index contributed by atoms with van der Waals surface area (Å²) in [5, 5.41) is -0.853. The fourth-order valence-electron chi connectivity index (χ4n) is 1.47. The Kier molecular flexibility index (Phi) is 4.50. The van der Waals surface area contributed by atoms with E-state index >= 15 is 0 Å². The molecule has 0 aromatic heterocycles. The third-order valence-electron chi connectivity index (χ3n) is 2.25. The minimum atomic E-state index is -3.78. The van der Waals surface area contributed by atoms with E-state index in [1.54, 1.807) is 0 Å². The highest BCUT2D eigenvalue weighted by Gasteiger charge is 2.38. The van der Waals surface area contributed by atoms with E-state index in [9.17, 15) is 16.8 Å². The van der Waals surface area contributed by atoms with E-state index < -0.39 is 24.9 Å². The highest BCUT2D eigenvalue weighted by Crippen LogP contribution is 2.29. The van der Waals surface area contributed by atoms with Crippen molar-refractivity contribution in [1.29, 1.82) is 0 Å². The Morgan fingerprint density at radius 1 is 1.35 bits per heavy atom. The molecule has 0 bridgehead atoms. The van der Waals surface area contributed by atoms with E-state index in [4.69, 9.17) is 18.0 Å². The van der Waals surface area contributed by atoms with E-state index in [0.29, 0.717) is 0 Å². The molecule has 0 radical (unpaired) electrons. The minimum absolute atomic E-state index is 0.0869. The first-order valence-electron chi connectivity index (χ1n) is 5.07. The molecule has 0 unspecified atom stereocenters. The topological polar surface area (TPSA) is 97.5 Å². The molecule has 0 aromatic carbocycles. The molecule has 1 rings (SSSR count). The lowest BCUT2D eigenvalue weighted by Crippen LogP contribution is -2.38. The normalized spacial score (nSPS) is 17.3. The maximum atomic E-state index is 11.9. The second-order valence-corrected chi connectivity index (χ2v) is 9.17. The van der Waals surface area contributed by atoms with Crippen LogP contribution in [0.15, 0.2) is 0 Å². The third kappa shape index (κ3) is 5.28. The maximum absolute atomic E-state index is 11.9. The lowest BCUT2D eigenvalue weighted by atomic mass is 10.4. The molecule has 9 heteroatoms. The quantitative estimate of drug-likeness (QED) is 0.634. The number of hydrogen-bond donors (Lipinski definition) is 1. The van der Waals surface area contributed by atoms with Gasteiger partial charge in [-0.2, -0.15) is 4.31 Å². The Balaban J connectivity index is 2.79. The van der Waals surface area contributed by atoms with Gasteiger partial charge in [-0.1, -0.05) is 12.2 Å². The zero-order valence-electron chi connectivity index (χ0n) is 9.50. The second kappa shape index (κ2) is 5.17. The Bertz CT molecular complexity index is 493. The van der Waals surface area contributed by atoms with Gasteiger partial charge in [-0.05, 0) is 12.8 Å². The molecule has 1 saturated carbocycles. The molecular weight excluding hydrogens is 284 g/mol. The van der Waals surface area contributed by atoms with Crippen molar-refractivity contribution in [3.05, 3.63) is 0 Å². The Morgan fingerprint density at radius 2 is 1.88 bits per heavy atom. The van der Waals surface area contributed by atoms with Crippen LogP contribution in [0.3, 0.4) is 0 Å². The number of sulfonamides is 1. The molecule has 100 valence electrons. The van der Waals surface area contributed by atoms with Gasteiger partial charge in [-0.3, -0.25) is 0 Å². The van der Waals surface area contributed by atoms with Gasteiger partial charge in [0.05, 0.1) is 4.99 Å². The molecule has 1 aliphatic rings. The Morgan fingerprint density at radius 3 is 2.24 bits per heavy atom. The number of nitrogens with zero attached hydrogens (tertiary/aromatic N) is 1. The summed E-state index contributed by atoms with van der Waals surface area (Å²) in [5.41, 5.74) is 5.32. The first kappa shape index (κ1) is 14.8. The van der Waals surface area contributed by atoms with Crippen LogP contribution in [0.4, 0.5) is 0 Å². The summed E-state index contributed by atoms with van der Waals surface area (Å²) in [6.45, 7) is 0.165. The summed E-state index contributed by atoms with van der Waals surface area (Å²) in [5.74, 6) is 0. The van der Waals surface area contributed by atoms with E-state index in [2.05, 4.69) is 0 Å². The maximum Gasteiger partial charge on any atom is 0.228 e. The van der Waals surface area contributed by atoms with Crippen molar-refractivity contribution in [3.8, 4) is 0 Å². The molecular formula is C8H16N2O4S3. The highest BCUT2D eigenvalue weighted by atomic mass is 32.3. The summed E-state index contributed by atoms with van der Waals surface area (Å²) in [6.07, 6.45) is 2.71. The number of rotatable bonds is 7. The zero-order chi connectivity index (χ0) is 13.3. The average molecular weight is 300 g/mol. The minimum Gasteiger partial charge on any atom is -0.393 e. The fraction of sp³-hybridized carbons (Fsp3) is 0.875. The summed E-state index contributed by atoms with van der Waals surface area (Å²) in [6, 6.07) is -0.0869. The van der Waals surface area contributed by atoms with Gasteiger partial charge < -0.3 is 5.73 Å². The highest BCUT2D eigenvalue weighted by molar-refractivity contribution is 8.06. The van der Waals surface area contributed by atoms with E-state index in [1.165, 1.54) is 4.31 Å². The van der Waals surface area contributed by atoms with Gasteiger partial charge in [0.15, 0.2) is 14.9 Å². The molecule has 0 aliphatic heterocycles. The molecule has 0 saturated heterocycles. The van der Waals surface area contributed by atoms with Crippen molar-refractivity contribution < 1.29 is 16.8 Å². The van der Waals surface area contributed by atoms with Crippen LogP contribution >= 0.6 is 12.2 Å². The predicted molar refractivity (Wildman–Crippen MR) is 69.8 cm³/mol. The first-order chi connectivity index (χ1) is 7.62. The van der Waals surface area contributed by atoms with Gasteiger partial charge in [0.2, 0.25) is 10.0 Å². The summed E-state index contributed by atoms with van der Waals surface area (Å²) < 4.78 is 47.2. The van der Waals surface area contributed by atoms with Crippen LogP contribution in [0.25, 0.3) is 0 Å². The lowest BCUT2D eigenvalue weighted by molar-refractivity contribution is 0.416. The molecule has 17 heavy (non-hydrogen) atoms. The van der Waals surface area contributed by atoms with E-state index in [0.717, 1.165) is 19.1 Å². The number of sulfone groups is 1. The third-order valence-corrected chi connectivity index (χ3v) is 6.56. The number of nitrogens with two attached hydrogens (primary N) is 1. The SMILES string of the molecule is CS(=O)(=O)CS(=O)(=O)N(CCC(N)=S)C1CC1. The van der Waals surface area contributed by atoms with Crippen LogP contribution in [-0.4, -0.2) is 50.1 Å². The Labute approximate surface area is 107 Å². The van der Waals surface area contributed by atoms with Crippen LogP contribution < -0.4 is 5.73 Å². The molecule has 0 atom stereocenters. The molecule has 0 amide bonds. The molecule has 1 fully saturated rings. The van der Waals surface area contributed by atoms with Gasteiger partial charge in [0.1, 0.15) is 0 Å². The van der Waals surface area contributed by atoms with Gasteiger partial charge in [0.25, 0.3) is 0 Å². The van der Waals surface area contributed by atoms with Crippen molar-refractivity contribution >= 4 is 37.1 Å². The van der Waals surface area contributed by atoms with Gasteiger partial charge in [-0.25, -0.2) is 16.8 Å². The van der Waals surface area contributed by atoms with Crippen LogP contribution in [0, 0.1) is 0 Å². The number of thiocarbonyl (C=S) groups is 1. The van der Waals surface area contributed by atoms with Crippen molar-refractivity contribution in [2.45, 2.75) is 25.3 Å². The molecule has 0 aromatic rings. The van der Waals surface area contributed by atoms with Crippen molar-refractivity contribution in [3.63, 3.8) is 0 Å². The van der Waals surface area contributed by atoms with Gasteiger partial charge in [0, 0.05) is 25.3 Å². The van der Waals surface area contributed by atoms with E-state index in [1.807, 2.05) is 0 Å². The lowest BCUT2D eigenvalue weighted by Gasteiger charge is -2.20. The average Bonchev–Trinajstić information content (AvgIpc) is 2.81. The van der Waals surface area contributed by atoms with Crippen LogP contribution in [0.2, 0.25) is 0 Å². The zero-order valence-corrected chi connectivity index (χ0v) is 11.9. The van der Waals surface area contributed by atoms with Crippen LogP contribution in [0.1, 0.15) is 19.3 Å². The summed E-state index contributed by atoms with van der Waals surface area (Å²) in [7, 11) is -7.35. The monoisotopic (exact) mass is 300 g/mol. The van der Waals surface area contributed by atoms with Gasteiger partial charge >= 0.3 is 0 Å². The Hall–Kier alpha value is -0.250. The van der Waals surface area contributed by atoms with Crippen molar-refractivity contribution in [2.24, 2.45) is 5.73 Å². The van der Waals surface area contributed by atoms with Crippen LogP contribution in [0.5, 0.6) is 0 Å². The largest absolute Gasteiger partial charge is 0.393 e. The van der Waals surface area contributed by atoms with Crippen molar-refractivity contribution in [2.75, 3.05) is 17.9 Å². The van der Waals surface area contributed by atoms with E-state index in [-0.39, 0.29) is 24.0 Å². The molecule has 0 heterocycles. The second-order valence-electron chi connectivity index (χ2n) is 4.21. The predicted octanol–water partition coefficient (Wildman–Crippen LogP) is -0.541. The molecule has 0 spiro atoms. The summed E-state index contributed by atoms with van der Waals surface area (Å²) >= 11 is 4.69. The standard InChI is InChI=1S/C8H16N2O4S3/c1-16(11,12)6-17(13,14)10(7-2-3-7)5-4-8(9)15/h7H,2-6H2,1H3,(H2,9,15). The first-order valence-corrected chi connectivity index (χ1v) is 9.15. The fourth-order valence-corrected chi connectivity index (χ4v) is 5.30. The number of hydrogen-bond acceptors (Lipinski definition) is 5. The van der Waals surface area contributed by atoms with Crippen LogP contribution in [-0.2, 0) is 19.9 Å². The smallest absolute Gasteiger partial charge is 0.228 e. The molecule has 1 aliphatic carbocycles. The van der Waals surface area contributed by atoms with Gasteiger partial charge in [-0.15, -0.1) is 0 Å². The van der Waals surface area contributed by atoms with Crippen molar-refractivity contribution in [1.82, 2.24) is 4.31 Å². The molecule has 2 N–H and O–H groups in total. The molecule has 6 nitrogen and oxygen atoms in total.